The molecule has 0 radical (unpaired) electrons. The maximum atomic E-state index is 15.1. The highest BCUT2D eigenvalue weighted by molar-refractivity contribution is 7.92. The Balaban J connectivity index is 1.40. The lowest BCUT2D eigenvalue weighted by molar-refractivity contribution is -0.0535. The van der Waals surface area contributed by atoms with Crippen molar-refractivity contribution in [2.45, 2.75) is 24.2 Å². The van der Waals surface area contributed by atoms with Crippen molar-refractivity contribution in [2.24, 2.45) is 17.3 Å². The fourth-order valence-corrected chi connectivity index (χ4v) is 7.23. The third kappa shape index (κ3) is 3.85. The zero-order valence-electron chi connectivity index (χ0n) is 18.0. The van der Waals surface area contributed by atoms with Gasteiger partial charge in [-0.2, -0.15) is 4.39 Å². The van der Waals surface area contributed by atoms with E-state index >= 15 is 4.39 Å². The van der Waals surface area contributed by atoms with Crippen LogP contribution in [-0.2, 0) is 10.0 Å². The summed E-state index contributed by atoms with van der Waals surface area (Å²) < 4.78 is 70.6. The molecule has 0 unspecified atom stereocenters. The molecule has 3 heterocycles. The molecule has 11 heteroatoms. The maximum Gasteiger partial charge on any atom is 0.268 e. The van der Waals surface area contributed by atoms with Crippen molar-refractivity contribution in [2.75, 3.05) is 42.8 Å². The first-order valence-electron chi connectivity index (χ1n) is 10.9. The molecular weight excluding hydrogens is 477 g/mol. The average molecular weight is 501 g/mol. The quantitative estimate of drug-likeness (QED) is 0.494. The Morgan fingerprint density at radius 2 is 1.97 bits per heavy atom. The number of pyridine rings is 1. The fraction of sp³-hybridized carbons (Fsp3) is 0.500. The molecule has 1 aromatic carbocycles. The molecule has 1 saturated carbocycles. The summed E-state index contributed by atoms with van der Waals surface area (Å²) in [4.78, 5) is 6.31. The molecule has 1 N–H and O–H groups in total. The predicted molar refractivity (Wildman–Crippen MR) is 119 cm³/mol. The van der Waals surface area contributed by atoms with E-state index < -0.39 is 43.3 Å². The minimum absolute atomic E-state index is 0.123. The Morgan fingerprint density at radius 1 is 1.21 bits per heavy atom. The van der Waals surface area contributed by atoms with Crippen LogP contribution in [-0.4, -0.2) is 51.5 Å². The van der Waals surface area contributed by atoms with Crippen LogP contribution in [0.15, 0.2) is 29.2 Å². The molecule has 0 bridgehead atoms. The van der Waals surface area contributed by atoms with Crippen molar-refractivity contribution >= 4 is 33.1 Å². The molecule has 6 nitrogen and oxygen atoms in total. The van der Waals surface area contributed by atoms with Crippen molar-refractivity contribution in [1.82, 2.24) is 9.88 Å². The number of rotatable bonds is 5. The molecule has 3 fully saturated rings. The zero-order valence-corrected chi connectivity index (χ0v) is 19.6. The second-order valence-corrected chi connectivity index (χ2v) is 11.4. The molecule has 5 rings (SSSR count). The number of hydrogen-bond donors (Lipinski definition) is 1. The number of nitrogens with one attached hydrogen (secondary N) is 1. The Bertz CT molecular complexity index is 1210. The molecular formula is C22H24ClF3N4O2S. The lowest BCUT2D eigenvalue weighted by Gasteiger charge is -2.55. The third-order valence-corrected chi connectivity index (χ3v) is 9.20. The van der Waals surface area contributed by atoms with Gasteiger partial charge in [-0.15, -0.1) is 0 Å². The Morgan fingerprint density at radius 3 is 2.61 bits per heavy atom. The van der Waals surface area contributed by atoms with Crippen LogP contribution in [0.1, 0.15) is 19.3 Å². The van der Waals surface area contributed by atoms with Crippen LogP contribution in [0.25, 0.3) is 0 Å². The second kappa shape index (κ2) is 8.02. The van der Waals surface area contributed by atoms with Gasteiger partial charge in [-0.25, -0.2) is 22.2 Å². The van der Waals surface area contributed by atoms with E-state index in [-0.39, 0.29) is 11.1 Å². The van der Waals surface area contributed by atoms with Gasteiger partial charge in [0.15, 0.2) is 10.7 Å². The van der Waals surface area contributed by atoms with Gasteiger partial charge in [-0.05, 0) is 55.7 Å². The zero-order chi connectivity index (χ0) is 23.5. The van der Waals surface area contributed by atoms with Gasteiger partial charge in [0.25, 0.3) is 10.0 Å². The molecule has 1 spiro atoms. The van der Waals surface area contributed by atoms with Crippen LogP contribution >= 0.6 is 11.6 Å². The molecule has 2 aromatic rings. The van der Waals surface area contributed by atoms with E-state index in [4.69, 9.17) is 11.6 Å². The largest absolute Gasteiger partial charge is 0.370 e. The second-order valence-electron chi connectivity index (χ2n) is 9.45. The van der Waals surface area contributed by atoms with Crippen LogP contribution in [0.4, 0.5) is 24.7 Å². The van der Waals surface area contributed by atoms with Crippen molar-refractivity contribution in [3.05, 3.63) is 46.9 Å². The Hall–Kier alpha value is -2.04. The average Bonchev–Trinajstić information content (AvgIpc) is 3.16. The molecule has 0 amide bonds. The number of anilines is 2. The maximum absolute atomic E-state index is 15.1. The molecule has 178 valence electrons. The van der Waals surface area contributed by atoms with Crippen LogP contribution in [0.3, 0.4) is 0 Å². The van der Waals surface area contributed by atoms with E-state index in [1.54, 1.807) is 0 Å². The molecule has 2 aliphatic heterocycles. The van der Waals surface area contributed by atoms with Gasteiger partial charge >= 0.3 is 0 Å². The lowest BCUT2D eigenvalue weighted by Crippen LogP contribution is -2.56. The predicted octanol–water partition coefficient (Wildman–Crippen LogP) is 4.12. The van der Waals surface area contributed by atoms with E-state index in [1.165, 1.54) is 18.6 Å². The number of aromatic nitrogens is 1. The standard InChI is InChI=1S/C22H24ClF3N4O2S/c1-29-10-13(11-29)14-5-6-22(14)7-8-30(12-22)16-9-15(24)21(20(26)19(16)23)33(31,32)28-18-4-2-3-17(25)27-18/h2-4,9,13-14H,5-8,10-12H2,1H3,(H,27,28)/t14-,22+/m1/s1. The van der Waals surface area contributed by atoms with Crippen molar-refractivity contribution < 1.29 is 21.6 Å². The minimum Gasteiger partial charge on any atom is -0.370 e. The smallest absolute Gasteiger partial charge is 0.268 e. The summed E-state index contributed by atoms with van der Waals surface area (Å²) in [6.07, 6.45) is 3.16. The normalized spacial score (nSPS) is 25.8. The fourth-order valence-electron chi connectivity index (χ4n) is 5.76. The minimum atomic E-state index is -4.73. The number of sulfonamides is 1. The third-order valence-electron chi connectivity index (χ3n) is 7.45. The van der Waals surface area contributed by atoms with E-state index in [0.29, 0.717) is 24.9 Å². The Kier molecular flexibility index (Phi) is 5.53. The van der Waals surface area contributed by atoms with Crippen LogP contribution in [0, 0.1) is 34.8 Å². The van der Waals surface area contributed by atoms with Crippen LogP contribution in [0.2, 0.25) is 5.02 Å². The van der Waals surface area contributed by atoms with Crippen molar-refractivity contribution in [3.8, 4) is 0 Å². The summed E-state index contributed by atoms with van der Waals surface area (Å²) in [5, 5.41) is -0.444. The first-order valence-corrected chi connectivity index (χ1v) is 12.7. The van der Waals surface area contributed by atoms with E-state index in [0.717, 1.165) is 38.1 Å². The van der Waals surface area contributed by atoms with Gasteiger partial charge in [0, 0.05) is 32.2 Å². The summed E-state index contributed by atoms with van der Waals surface area (Å²) in [6.45, 7) is 3.41. The number of benzene rings is 1. The highest BCUT2D eigenvalue weighted by Gasteiger charge is 2.55. The van der Waals surface area contributed by atoms with E-state index in [2.05, 4.69) is 16.9 Å². The van der Waals surface area contributed by atoms with Crippen molar-refractivity contribution in [3.63, 3.8) is 0 Å². The van der Waals surface area contributed by atoms with Gasteiger partial charge in [0.2, 0.25) is 5.95 Å². The van der Waals surface area contributed by atoms with Gasteiger partial charge in [0.05, 0.1) is 5.69 Å². The summed E-state index contributed by atoms with van der Waals surface area (Å²) in [5.41, 5.74) is 0.278. The molecule has 2 saturated heterocycles. The lowest BCUT2D eigenvalue weighted by atomic mass is 9.54. The first kappa shape index (κ1) is 22.7. The summed E-state index contributed by atoms with van der Waals surface area (Å²) >= 11 is 6.24. The van der Waals surface area contributed by atoms with Gasteiger partial charge in [0.1, 0.15) is 16.7 Å². The van der Waals surface area contributed by atoms with Crippen molar-refractivity contribution in [1.29, 1.82) is 0 Å². The summed E-state index contributed by atoms with van der Waals surface area (Å²) in [6, 6.07) is 4.39. The van der Waals surface area contributed by atoms with E-state index in [9.17, 15) is 17.2 Å². The number of nitrogens with zero attached hydrogens (tertiary/aromatic N) is 3. The highest BCUT2D eigenvalue weighted by atomic mass is 35.5. The summed E-state index contributed by atoms with van der Waals surface area (Å²) in [7, 11) is -2.63. The van der Waals surface area contributed by atoms with Gasteiger partial charge in [-0.1, -0.05) is 17.7 Å². The van der Waals surface area contributed by atoms with Crippen LogP contribution in [0.5, 0.6) is 0 Å². The number of hydrogen-bond acceptors (Lipinski definition) is 5. The SMILES string of the molecule is CN1CC([C@H]2CC[C@@]23CCN(c2cc(F)c(S(=O)(=O)Nc4cccc(F)n4)c(F)c2Cl)C3)C1. The molecule has 3 aliphatic rings. The number of likely N-dealkylation sites (tertiary alicyclic amines) is 1. The van der Waals surface area contributed by atoms with Crippen LogP contribution < -0.4 is 9.62 Å². The summed E-state index contributed by atoms with van der Waals surface area (Å²) in [5.74, 6) is -2.72. The molecule has 33 heavy (non-hydrogen) atoms. The molecule has 1 aliphatic carbocycles. The highest BCUT2D eigenvalue weighted by Crippen LogP contribution is 2.58. The first-order chi connectivity index (χ1) is 15.6. The molecule has 1 aromatic heterocycles. The monoisotopic (exact) mass is 500 g/mol. The van der Waals surface area contributed by atoms with E-state index in [1.807, 2.05) is 9.62 Å². The molecule has 2 atom stereocenters. The van der Waals surface area contributed by atoms with Gasteiger partial charge < -0.3 is 9.80 Å². The topological polar surface area (TPSA) is 65.5 Å². The van der Waals surface area contributed by atoms with Gasteiger partial charge in [-0.3, -0.25) is 4.72 Å². The number of halogens is 4. The Labute approximate surface area is 195 Å².